The first-order valence-corrected chi connectivity index (χ1v) is 12.4. The molecule has 0 spiro atoms. The Kier molecular flexibility index (Phi) is 8.10. The highest BCUT2D eigenvalue weighted by atomic mass is 16.5. The monoisotopic (exact) mass is 495 g/mol. The number of phenols is 2. The van der Waals surface area contributed by atoms with Crippen molar-refractivity contribution in [2.24, 2.45) is 0 Å². The van der Waals surface area contributed by atoms with Gasteiger partial charge < -0.3 is 30.0 Å². The Morgan fingerprint density at radius 2 is 2.08 bits per heavy atom. The maximum Gasteiger partial charge on any atom is 0.255 e. The summed E-state index contributed by atoms with van der Waals surface area (Å²) >= 11 is 0. The van der Waals surface area contributed by atoms with Crippen molar-refractivity contribution in [2.45, 2.75) is 57.3 Å². The minimum absolute atomic E-state index is 0.0845. The molecule has 0 bridgehead atoms. The van der Waals surface area contributed by atoms with Gasteiger partial charge in [-0.2, -0.15) is 0 Å². The Balaban J connectivity index is 1.42. The lowest BCUT2D eigenvalue weighted by Gasteiger charge is -2.35. The first-order chi connectivity index (χ1) is 17.4. The Labute approximate surface area is 210 Å². The number of nitrogens with one attached hydrogen (secondary N) is 1. The standard InChI is InChI=1S/C27H33N3O6/c1-28-26(34)23(8-5-13-31)30-16-19-14-21(10-11-22(19)27(30)35)36-17-20-7-2-3-12-29(20)15-18-6-4-9-24(32)25(18)33/h4,6,9-11,13-14,20,23,32-33H,2-3,5,7-8,12,15-17H2,1H3,(H,28,34). The first-order valence-electron chi connectivity index (χ1n) is 12.4. The third kappa shape index (κ3) is 5.46. The summed E-state index contributed by atoms with van der Waals surface area (Å²) in [7, 11) is 1.52. The Bertz CT molecular complexity index is 1120. The van der Waals surface area contributed by atoms with Crippen LogP contribution in [0.4, 0.5) is 0 Å². The number of likely N-dealkylation sites (tertiary alicyclic amines) is 1. The fourth-order valence-electron chi connectivity index (χ4n) is 5.06. The summed E-state index contributed by atoms with van der Waals surface area (Å²) in [6, 6.07) is 9.80. The van der Waals surface area contributed by atoms with Gasteiger partial charge in [-0.25, -0.2) is 0 Å². The van der Waals surface area contributed by atoms with Crippen LogP contribution >= 0.6 is 0 Å². The number of carbonyl (C=O) groups excluding carboxylic acids is 3. The molecule has 2 aromatic rings. The van der Waals surface area contributed by atoms with E-state index in [1.165, 1.54) is 18.0 Å². The van der Waals surface area contributed by atoms with Crippen LogP contribution in [0, 0.1) is 0 Å². The van der Waals surface area contributed by atoms with Gasteiger partial charge >= 0.3 is 0 Å². The largest absolute Gasteiger partial charge is 0.504 e. The van der Waals surface area contributed by atoms with Gasteiger partial charge in [0.15, 0.2) is 11.5 Å². The molecule has 3 N–H and O–H groups in total. The number of hydrogen-bond acceptors (Lipinski definition) is 7. The van der Waals surface area contributed by atoms with E-state index in [1.54, 1.807) is 18.2 Å². The molecule has 1 saturated heterocycles. The van der Waals surface area contributed by atoms with Crippen molar-refractivity contribution < 1.29 is 29.3 Å². The second-order valence-electron chi connectivity index (χ2n) is 9.34. The molecule has 2 atom stereocenters. The zero-order valence-corrected chi connectivity index (χ0v) is 20.5. The maximum absolute atomic E-state index is 13.0. The highest BCUT2D eigenvalue weighted by Crippen LogP contribution is 2.32. The normalized spacial score (nSPS) is 18.5. The maximum atomic E-state index is 13.0. The summed E-state index contributed by atoms with van der Waals surface area (Å²) in [6.45, 7) is 2.13. The molecule has 192 valence electrons. The number of fused-ring (bicyclic) bond motifs is 1. The summed E-state index contributed by atoms with van der Waals surface area (Å²) < 4.78 is 6.15. The van der Waals surface area contributed by atoms with Crippen molar-refractivity contribution in [2.75, 3.05) is 20.2 Å². The van der Waals surface area contributed by atoms with Crippen LogP contribution in [0.5, 0.6) is 17.2 Å². The molecule has 36 heavy (non-hydrogen) atoms. The van der Waals surface area contributed by atoms with Gasteiger partial charge in [0.1, 0.15) is 24.7 Å². The molecule has 0 saturated carbocycles. The van der Waals surface area contributed by atoms with E-state index >= 15 is 0 Å². The predicted molar refractivity (Wildman–Crippen MR) is 133 cm³/mol. The Morgan fingerprint density at radius 3 is 2.86 bits per heavy atom. The van der Waals surface area contributed by atoms with Crippen molar-refractivity contribution in [1.29, 1.82) is 0 Å². The molecule has 9 nitrogen and oxygen atoms in total. The average Bonchev–Trinajstić information content (AvgIpc) is 3.21. The Morgan fingerprint density at radius 1 is 1.25 bits per heavy atom. The van der Waals surface area contributed by atoms with Crippen LogP contribution in [0.2, 0.25) is 0 Å². The van der Waals surface area contributed by atoms with E-state index < -0.39 is 6.04 Å². The SMILES string of the molecule is CNC(=O)C(CCC=O)N1Cc2cc(OCC3CCCCN3Cc3cccc(O)c3O)ccc2C1=O. The second-order valence-corrected chi connectivity index (χ2v) is 9.34. The third-order valence-electron chi connectivity index (χ3n) is 7.06. The first kappa shape index (κ1) is 25.5. The lowest BCUT2D eigenvalue weighted by Crippen LogP contribution is -2.46. The number of piperidine rings is 1. The number of amides is 2. The van der Waals surface area contributed by atoms with Gasteiger partial charge in [-0.1, -0.05) is 18.6 Å². The number of likely N-dealkylation sites (N-methyl/N-ethyl adjacent to an activating group) is 1. The van der Waals surface area contributed by atoms with Crippen LogP contribution in [0.3, 0.4) is 0 Å². The van der Waals surface area contributed by atoms with Gasteiger partial charge in [0.2, 0.25) is 5.91 Å². The molecule has 2 aromatic carbocycles. The molecule has 0 aliphatic carbocycles. The predicted octanol–water partition coefficient (Wildman–Crippen LogP) is 2.58. The van der Waals surface area contributed by atoms with E-state index in [0.717, 1.165) is 37.7 Å². The molecule has 2 aliphatic heterocycles. The lowest BCUT2D eigenvalue weighted by molar-refractivity contribution is -0.125. The number of nitrogens with zero attached hydrogens (tertiary/aromatic N) is 2. The second kappa shape index (κ2) is 11.4. The number of para-hydroxylation sites is 1. The number of phenolic OH excluding ortho intramolecular Hbond substituents is 2. The highest BCUT2D eigenvalue weighted by Gasteiger charge is 2.36. The minimum Gasteiger partial charge on any atom is -0.504 e. The van der Waals surface area contributed by atoms with E-state index in [-0.39, 0.29) is 48.7 Å². The van der Waals surface area contributed by atoms with Crippen LogP contribution < -0.4 is 10.1 Å². The molecular weight excluding hydrogens is 462 g/mol. The number of aldehydes is 1. The van der Waals surface area contributed by atoms with Crippen molar-refractivity contribution in [3.63, 3.8) is 0 Å². The van der Waals surface area contributed by atoms with Gasteiger partial charge in [0.05, 0.1) is 0 Å². The molecule has 2 amide bonds. The zero-order chi connectivity index (χ0) is 25.7. The number of rotatable bonds is 10. The molecule has 1 fully saturated rings. The zero-order valence-electron chi connectivity index (χ0n) is 20.5. The molecule has 2 heterocycles. The van der Waals surface area contributed by atoms with Gasteiger partial charge in [0.25, 0.3) is 5.91 Å². The number of hydrogen-bond donors (Lipinski definition) is 3. The quantitative estimate of drug-likeness (QED) is 0.342. The third-order valence-corrected chi connectivity index (χ3v) is 7.06. The van der Waals surface area contributed by atoms with E-state index in [9.17, 15) is 24.6 Å². The molecule has 9 heteroatoms. The lowest BCUT2D eigenvalue weighted by atomic mass is 10.0. The molecule has 4 rings (SSSR count). The van der Waals surface area contributed by atoms with E-state index in [1.807, 2.05) is 12.1 Å². The van der Waals surface area contributed by atoms with Crippen molar-refractivity contribution in [3.8, 4) is 17.2 Å². The van der Waals surface area contributed by atoms with Gasteiger partial charge in [-0.15, -0.1) is 0 Å². The summed E-state index contributed by atoms with van der Waals surface area (Å²) in [4.78, 5) is 40.0. The molecule has 0 radical (unpaired) electrons. The fraction of sp³-hybridized carbons (Fsp3) is 0.444. The molecule has 0 aromatic heterocycles. The molecule has 2 aliphatic rings. The van der Waals surface area contributed by atoms with Crippen LogP contribution in [0.15, 0.2) is 36.4 Å². The van der Waals surface area contributed by atoms with Crippen LogP contribution in [0.1, 0.15) is 53.6 Å². The van der Waals surface area contributed by atoms with Crippen LogP contribution in [0.25, 0.3) is 0 Å². The van der Waals surface area contributed by atoms with E-state index in [0.29, 0.717) is 30.0 Å². The number of ether oxygens (including phenoxy) is 1. The number of carbonyl (C=O) groups is 3. The minimum atomic E-state index is -0.700. The molecule has 2 unspecified atom stereocenters. The van der Waals surface area contributed by atoms with Crippen molar-refractivity contribution >= 4 is 18.1 Å². The Hall–Kier alpha value is -3.59. The van der Waals surface area contributed by atoms with Crippen LogP contribution in [-0.4, -0.2) is 70.4 Å². The fourth-order valence-corrected chi connectivity index (χ4v) is 5.06. The van der Waals surface area contributed by atoms with E-state index in [2.05, 4.69) is 10.2 Å². The van der Waals surface area contributed by atoms with Gasteiger partial charge in [0, 0.05) is 43.7 Å². The van der Waals surface area contributed by atoms with Crippen molar-refractivity contribution in [1.82, 2.24) is 15.1 Å². The number of benzene rings is 2. The van der Waals surface area contributed by atoms with E-state index in [4.69, 9.17) is 4.74 Å². The summed E-state index contributed by atoms with van der Waals surface area (Å²) in [5.74, 6) is -0.0637. The van der Waals surface area contributed by atoms with Crippen molar-refractivity contribution in [3.05, 3.63) is 53.1 Å². The summed E-state index contributed by atoms with van der Waals surface area (Å²) in [5.41, 5.74) is 2.02. The summed E-state index contributed by atoms with van der Waals surface area (Å²) in [6.07, 6.45) is 4.34. The average molecular weight is 496 g/mol. The molecular formula is C27H33N3O6. The summed E-state index contributed by atoms with van der Waals surface area (Å²) in [5, 5.41) is 22.6. The topological polar surface area (TPSA) is 119 Å². The van der Waals surface area contributed by atoms with Gasteiger partial charge in [-0.3, -0.25) is 14.5 Å². The highest BCUT2D eigenvalue weighted by molar-refractivity contribution is 6.01. The van der Waals surface area contributed by atoms with Gasteiger partial charge in [-0.05, 0) is 55.6 Å². The van der Waals surface area contributed by atoms with Crippen LogP contribution in [-0.2, 0) is 22.7 Å². The smallest absolute Gasteiger partial charge is 0.255 e. The number of aromatic hydroxyl groups is 2.